The summed E-state index contributed by atoms with van der Waals surface area (Å²) in [6, 6.07) is 3.49. The zero-order valence-corrected chi connectivity index (χ0v) is 9.72. The number of hydrogen-bond donors (Lipinski definition) is 1. The number of aliphatic hydroxyl groups is 1. The summed E-state index contributed by atoms with van der Waals surface area (Å²) in [5, 5.41) is 10.5. The molecule has 2 nitrogen and oxygen atoms in total. The molecule has 1 saturated heterocycles. The van der Waals surface area contributed by atoms with Crippen molar-refractivity contribution in [3.8, 4) is 0 Å². The zero-order valence-electron chi connectivity index (χ0n) is 9.72. The lowest BCUT2D eigenvalue weighted by molar-refractivity contribution is -0.0680. The van der Waals surface area contributed by atoms with Crippen LogP contribution in [0.4, 0.5) is 4.39 Å². The molecule has 3 heteroatoms. The number of hydrogen-bond acceptors (Lipinski definition) is 2. The predicted octanol–water partition coefficient (Wildman–Crippen LogP) is 2.44. The lowest BCUT2D eigenvalue weighted by atomic mass is 9.85. The number of aryl methyl sites for hydroxylation is 2. The maximum Gasteiger partial charge on any atom is 0.129 e. The molecule has 0 radical (unpaired) electrons. The van der Waals surface area contributed by atoms with Crippen molar-refractivity contribution in [1.29, 1.82) is 0 Å². The normalized spacial score (nSPS) is 19.8. The molecule has 0 unspecified atom stereocenters. The fraction of sp³-hybridized carbons (Fsp3) is 0.538. The summed E-state index contributed by atoms with van der Waals surface area (Å²) in [5.74, 6) is -0.181. The second-order valence-corrected chi connectivity index (χ2v) is 4.57. The van der Waals surface area contributed by atoms with Crippen LogP contribution in [-0.2, 0) is 10.3 Å². The highest BCUT2D eigenvalue weighted by atomic mass is 19.1. The second-order valence-electron chi connectivity index (χ2n) is 4.57. The van der Waals surface area contributed by atoms with Crippen LogP contribution in [0.2, 0.25) is 0 Å². The minimum Gasteiger partial charge on any atom is -0.385 e. The number of benzene rings is 1. The molecule has 0 amide bonds. The van der Waals surface area contributed by atoms with Gasteiger partial charge in [0.2, 0.25) is 0 Å². The molecule has 1 fully saturated rings. The molecule has 0 spiro atoms. The van der Waals surface area contributed by atoms with E-state index in [1.54, 1.807) is 26.0 Å². The second kappa shape index (κ2) is 4.15. The molecule has 0 bridgehead atoms. The van der Waals surface area contributed by atoms with Crippen molar-refractivity contribution in [2.75, 3.05) is 13.2 Å². The van der Waals surface area contributed by atoms with Gasteiger partial charge in [-0.2, -0.15) is 0 Å². The molecule has 1 aliphatic rings. The quantitative estimate of drug-likeness (QED) is 0.794. The largest absolute Gasteiger partial charge is 0.385 e. The lowest BCUT2D eigenvalue weighted by Crippen LogP contribution is -2.33. The number of ether oxygens (including phenoxy) is 1. The molecule has 1 heterocycles. The first-order valence-corrected chi connectivity index (χ1v) is 5.60. The third kappa shape index (κ3) is 1.97. The van der Waals surface area contributed by atoms with Gasteiger partial charge in [-0.05, 0) is 30.5 Å². The first-order valence-electron chi connectivity index (χ1n) is 5.60. The van der Waals surface area contributed by atoms with E-state index in [4.69, 9.17) is 4.74 Å². The van der Waals surface area contributed by atoms with Gasteiger partial charge in [0.1, 0.15) is 5.82 Å². The summed E-state index contributed by atoms with van der Waals surface area (Å²) >= 11 is 0. The first-order chi connectivity index (χ1) is 7.53. The van der Waals surface area contributed by atoms with Crippen LogP contribution in [0.1, 0.15) is 29.5 Å². The fourth-order valence-corrected chi connectivity index (χ4v) is 2.21. The summed E-state index contributed by atoms with van der Waals surface area (Å²) in [7, 11) is 0. The molecule has 1 aromatic rings. The molecule has 0 aromatic heterocycles. The van der Waals surface area contributed by atoms with Gasteiger partial charge < -0.3 is 9.84 Å². The third-order valence-electron chi connectivity index (χ3n) is 3.29. The van der Waals surface area contributed by atoms with Crippen molar-refractivity contribution in [2.45, 2.75) is 32.3 Å². The Labute approximate surface area is 95.1 Å². The Morgan fingerprint density at radius 1 is 1.19 bits per heavy atom. The van der Waals surface area contributed by atoms with Crippen LogP contribution in [0.25, 0.3) is 0 Å². The zero-order chi connectivity index (χ0) is 11.8. The Kier molecular flexibility index (Phi) is 3.00. The van der Waals surface area contributed by atoms with Gasteiger partial charge in [0, 0.05) is 26.1 Å². The Bertz CT molecular complexity index is 372. The molecule has 0 saturated carbocycles. The van der Waals surface area contributed by atoms with E-state index in [2.05, 4.69) is 0 Å². The van der Waals surface area contributed by atoms with Crippen LogP contribution in [-0.4, -0.2) is 18.3 Å². The summed E-state index contributed by atoms with van der Waals surface area (Å²) in [6.07, 6.45) is 1.16. The summed E-state index contributed by atoms with van der Waals surface area (Å²) < 4.78 is 18.7. The molecular weight excluding hydrogens is 207 g/mol. The Hall–Kier alpha value is -0.930. The van der Waals surface area contributed by atoms with E-state index < -0.39 is 5.60 Å². The van der Waals surface area contributed by atoms with Gasteiger partial charge in [0.05, 0.1) is 5.60 Å². The minimum absolute atomic E-state index is 0.181. The van der Waals surface area contributed by atoms with Crippen molar-refractivity contribution >= 4 is 0 Å². The minimum atomic E-state index is -0.846. The summed E-state index contributed by atoms with van der Waals surface area (Å²) in [5.41, 5.74) is 1.15. The van der Waals surface area contributed by atoms with Crippen LogP contribution >= 0.6 is 0 Å². The molecule has 1 aromatic carbocycles. The van der Waals surface area contributed by atoms with Crippen molar-refractivity contribution in [1.82, 2.24) is 0 Å². The monoisotopic (exact) mass is 224 g/mol. The van der Waals surface area contributed by atoms with Crippen LogP contribution < -0.4 is 0 Å². The predicted molar refractivity (Wildman–Crippen MR) is 59.8 cm³/mol. The Morgan fingerprint density at radius 3 is 2.19 bits per heavy atom. The van der Waals surface area contributed by atoms with E-state index in [1.165, 1.54) is 0 Å². The van der Waals surface area contributed by atoms with Gasteiger partial charge in [-0.1, -0.05) is 12.1 Å². The third-order valence-corrected chi connectivity index (χ3v) is 3.29. The number of rotatable bonds is 1. The van der Waals surface area contributed by atoms with Crippen molar-refractivity contribution in [3.63, 3.8) is 0 Å². The van der Waals surface area contributed by atoms with Gasteiger partial charge in [-0.25, -0.2) is 4.39 Å². The van der Waals surface area contributed by atoms with Crippen LogP contribution in [0.5, 0.6) is 0 Å². The smallest absolute Gasteiger partial charge is 0.129 e. The van der Waals surface area contributed by atoms with Crippen molar-refractivity contribution < 1.29 is 14.2 Å². The van der Waals surface area contributed by atoms with Crippen LogP contribution in [0, 0.1) is 19.7 Å². The lowest BCUT2D eigenvalue weighted by Gasteiger charge is -2.33. The van der Waals surface area contributed by atoms with Gasteiger partial charge in [0.25, 0.3) is 0 Å². The van der Waals surface area contributed by atoms with E-state index in [0.29, 0.717) is 37.2 Å². The molecule has 0 aliphatic carbocycles. The van der Waals surface area contributed by atoms with E-state index in [-0.39, 0.29) is 5.82 Å². The maximum atomic E-state index is 13.5. The van der Waals surface area contributed by atoms with Crippen LogP contribution in [0.3, 0.4) is 0 Å². The molecule has 0 atom stereocenters. The standard InChI is InChI=1S/C13H17FO2/c1-9-7-11(8-10(2)12(9)14)13(15)3-5-16-6-4-13/h7-8,15H,3-6H2,1-2H3. The Morgan fingerprint density at radius 2 is 1.69 bits per heavy atom. The highest BCUT2D eigenvalue weighted by Crippen LogP contribution is 2.33. The van der Waals surface area contributed by atoms with Crippen LogP contribution in [0.15, 0.2) is 12.1 Å². The SMILES string of the molecule is Cc1cc(C2(O)CCOCC2)cc(C)c1F. The maximum absolute atomic E-state index is 13.5. The highest BCUT2D eigenvalue weighted by Gasteiger charge is 2.32. The van der Waals surface area contributed by atoms with E-state index in [1.807, 2.05) is 0 Å². The average Bonchev–Trinajstić information content (AvgIpc) is 2.26. The summed E-state index contributed by atoms with van der Waals surface area (Å²) in [6.45, 7) is 4.58. The molecular formula is C13H17FO2. The molecule has 1 N–H and O–H groups in total. The van der Waals surface area contributed by atoms with Crippen molar-refractivity contribution in [2.24, 2.45) is 0 Å². The fourth-order valence-electron chi connectivity index (χ4n) is 2.21. The Balaban J connectivity index is 2.39. The highest BCUT2D eigenvalue weighted by molar-refractivity contribution is 5.34. The summed E-state index contributed by atoms with van der Waals surface area (Å²) in [4.78, 5) is 0. The van der Waals surface area contributed by atoms with E-state index in [9.17, 15) is 9.50 Å². The first kappa shape index (κ1) is 11.6. The molecule has 16 heavy (non-hydrogen) atoms. The van der Waals surface area contributed by atoms with E-state index >= 15 is 0 Å². The van der Waals surface area contributed by atoms with Gasteiger partial charge in [0.15, 0.2) is 0 Å². The van der Waals surface area contributed by atoms with Crippen molar-refractivity contribution in [3.05, 3.63) is 34.6 Å². The topological polar surface area (TPSA) is 29.5 Å². The van der Waals surface area contributed by atoms with E-state index in [0.717, 1.165) is 5.56 Å². The number of halogens is 1. The molecule has 2 rings (SSSR count). The molecule has 1 aliphatic heterocycles. The van der Waals surface area contributed by atoms with Gasteiger partial charge in [-0.3, -0.25) is 0 Å². The van der Waals surface area contributed by atoms with Gasteiger partial charge >= 0.3 is 0 Å². The van der Waals surface area contributed by atoms with Gasteiger partial charge in [-0.15, -0.1) is 0 Å². The molecule has 88 valence electrons. The average molecular weight is 224 g/mol.